The zero-order chi connectivity index (χ0) is 12.9. The molecule has 2 N–H and O–H groups in total. The first-order valence-corrected chi connectivity index (χ1v) is 6.76. The zero-order valence-electron chi connectivity index (χ0n) is 10.6. The SMILES string of the molecule is Fc1ccc2nccc(NC3CC4(CNC4)C3)c2c1. The van der Waals surface area contributed by atoms with Crippen molar-refractivity contribution in [1.29, 1.82) is 0 Å². The summed E-state index contributed by atoms with van der Waals surface area (Å²) in [5.41, 5.74) is 2.38. The number of anilines is 1. The minimum absolute atomic E-state index is 0.211. The van der Waals surface area contributed by atoms with Crippen LogP contribution in [0.25, 0.3) is 10.9 Å². The third kappa shape index (κ3) is 1.78. The predicted octanol–water partition coefficient (Wildman–Crippen LogP) is 2.54. The maximum Gasteiger partial charge on any atom is 0.124 e. The average Bonchev–Trinajstić information content (AvgIpc) is 2.31. The second-order valence-electron chi connectivity index (χ2n) is 5.87. The van der Waals surface area contributed by atoms with Crippen molar-refractivity contribution in [3.8, 4) is 0 Å². The van der Waals surface area contributed by atoms with Gasteiger partial charge in [-0.1, -0.05) is 0 Å². The van der Waals surface area contributed by atoms with E-state index in [-0.39, 0.29) is 5.82 Å². The number of nitrogens with zero attached hydrogens (tertiary/aromatic N) is 1. The van der Waals surface area contributed by atoms with E-state index in [1.54, 1.807) is 18.3 Å². The smallest absolute Gasteiger partial charge is 0.124 e. The molecule has 0 amide bonds. The van der Waals surface area contributed by atoms with Gasteiger partial charge in [0.05, 0.1) is 5.52 Å². The van der Waals surface area contributed by atoms with Crippen LogP contribution in [0.3, 0.4) is 0 Å². The van der Waals surface area contributed by atoms with E-state index in [0.717, 1.165) is 29.7 Å². The number of hydrogen-bond donors (Lipinski definition) is 2. The van der Waals surface area contributed by atoms with Gasteiger partial charge in [0, 0.05) is 36.4 Å². The fraction of sp³-hybridized carbons (Fsp3) is 0.400. The van der Waals surface area contributed by atoms with Crippen LogP contribution >= 0.6 is 0 Å². The summed E-state index contributed by atoms with van der Waals surface area (Å²) in [6, 6.07) is 7.19. The van der Waals surface area contributed by atoms with Gasteiger partial charge in [0.1, 0.15) is 5.82 Å². The molecule has 0 bridgehead atoms. The Labute approximate surface area is 111 Å². The highest BCUT2D eigenvalue weighted by Crippen LogP contribution is 2.45. The van der Waals surface area contributed by atoms with E-state index < -0.39 is 0 Å². The summed E-state index contributed by atoms with van der Waals surface area (Å²) < 4.78 is 13.4. The van der Waals surface area contributed by atoms with E-state index in [2.05, 4.69) is 15.6 Å². The van der Waals surface area contributed by atoms with Gasteiger partial charge in [0.15, 0.2) is 0 Å². The number of rotatable bonds is 2. The first kappa shape index (κ1) is 11.2. The summed E-state index contributed by atoms with van der Waals surface area (Å²) in [5.74, 6) is -0.211. The molecule has 2 fully saturated rings. The second-order valence-corrected chi connectivity index (χ2v) is 5.87. The lowest BCUT2D eigenvalue weighted by Gasteiger charge is -2.54. The molecule has 1 aliphatic heterocycles. The van der Waals surface area contributed by atoms with E-state index in [4.69, 9.17) is 0 Å². The van der Waals surface area contributed by atoms with Crippen molar-refractivity contribution in [3.05, 3.63) is 36.3 Å². The van der Waals surface area contributed by atoms with Crippen LogP contribution in [-0.4, -0.2) is 24.1 Å². The van der Waals surface area contributed by atoms with Crippen LogP contribution in [0.1, 0.15) is 12.8 Å². The first-order valence-electron chi connectivity index (χ1n) is 6.76. The van der Waals surface area contributed by atoms with E-state index in [1.165, 1.54) is 18.9 Å². The molecule has 1 saturated heterocycles. The molecule has 1 aromatic heterocycles. The van der Waals surface area contributed by atoms with Crippen molar-refractivity contribution in [1.82, 2.24) is 10.3 Å². The maximum absolute atomic E-state index is 13.4. The molecule has 3 nitrogen and oxygen atoms in total. The van der Waals surface area contributed by atoms with Gasteiger partial charge < -0.3 is 10.6 Å². The number of halogens is 1. The van der Waals surface area contributed by atoms with Gasteiger partial charge in [-0.3, -0.25) is 4.98 Å². The molecule has 19 heavy (non-hydrogen) atoms. The highest BCUT2D eigenvalue weighted by atomic mass is 19.1. The largest absolute Gasteiger partial charge is 0.382 e. The predicted molar refractivity (Wildman–Crippen MR) is 73.6 cm³/mol. The third-order valence-corrected chi connectivity index (χ3v) is 4.42. The Morgan fingerprint density at radius 2 is 2.11 bits per heavy atom. The minimum Gasteiger partial charge on any atom is -0.382 e. The molecule has 1 spiro atoms. The number of pyridine rings is 1. The lowest BCUT2D eigenvalue weighted by Crippen LogP contribution is -2.63. The molecule has 1 aliphatic carbocycles. The lowest BCUT2D eigenvalue weighted by atomic mass is 9.61. The van der Waals surface area contributed by atoms with Crippen LogP contribution in [0.4, 0.5) is 10.1 Å². The van der Waals surface area contributed by atoms with Crippen molar-refractivity contribution in [2.45, 2.75) is 18.9 Å². The van der Waals surface area contributed by atoms with Crippen molar-refractivity contribution < 1.29 is 4.39 Å². The number of fused-ring (bicyclic) bond motifs is 1. The van der Waals surface area contributed by atoms with E-state index in [0.29, 0.717) is 11.5 Å². The summed E-state index contributed by atoms with van der Waals surface area (Å²) in [4.78, 5) is 4.27. The molecule has 2 aliphatic rings. The number of aromatic nitrogens is 1. The Hall–Kier alpha value is -1.68. The zero-order valence-corrected chi connectivity index (χ0v) is 10.6. The van der Waals surface area contributed by atoms with Crippen molar-refractivity contribution in [2.75, 3.05) is 18.4 Å². The standard InChI is InChI=1S/C15H16FN3/c16-10-1-2-13-12(5-10)14(3-4-18-13)19-11-6-15(7-11)8-17-9-15/h1-5,11,17H,6-9H2,(H,18,19). The normalized spacial score (nSPS) is 21.1. The Balaban J connectivity index is 1.59. The Bertz CT molecular complexity index is 628. The molecule has 4 rings (SSSR count). The van der Waals surface area contributed by atoms with Gasteiger partial charge in [-0.05, 0) is 42.5 Å². The number of nitrogens with one attached hydrogen (secondary N) is 2. The van der Waals surface area contributed by atoms with Crippen LogP contribution in [0.15, 0.2) is 30.5 Å². The van der Waals surface area contributed by atoms with Gasteiger partial charge >= 0.3 is 0 Å². The average molecular weight is 257 g/mol. The summed E-state index contributed by atoms with van der Waals surface area (Å²) >= 11 is 0. The summed E-state index contributed by atoms with van der Waals surface area (Å²) in [6.45, 7) is 2.30. The highest BCUT2D eigenvalue weighted by Gasteiger charge is 2.48. The Morgan fingerprint density at radius 3 is 2.84 bits per heavy atom. The lowest BCUT2D eigenvalue weighted by molar-refractivity contribution is 0.0471. The van der Waals surface area contributed by atoms with Gasteiger partial charge in [-0.25, -0.2) is 4.39 Å². The maximum atomic E-state index is 13.4. The molecule has 0 unspecified atom stereocenters. The minimum atomic E-state index is -0.211. The fourth-order valence-electron chi connectivity index (χ4n) is 3.32. The molecule has 2 heterocycles. The molecular formula is C15H16FN3. The molecule has 0 radical (unpaired) electrons. The Morgan fingerprint density at radius 1 is 1.26 bits per heavy atom. The molecule has 0 atom stereocenters. The molecule has 4 heteroatoms. The fourth-order valence-corrected chi connectivity index (χ4v) is 3.32. The quantitative estimate of drug-likeness (QED) is 0.868. The van der Waals surface area contributed by atoms with E-state index in [1.807, 2.05) is 6.07 Å². The van der Waals surface area contributed by atoms with Crippen molar-refractivity contribution in [2.24, 2.45) is 5.41 Å². The number of hydrogen-bond acceptors (Lipinski definition) is 3. The van der Waals surface area contributed by atoms with Gasteiger partial charge in [0.25, 0.3) is 0 Å². The van der Waals surface area contributed by atoms with Crippen molar-refractivity contribution >= 4 is 16.6 Å². The molecule has 2 aromatic rings. The molecule has 1 aromatic carbocycles. The van der Waals surface area contributed by atoms with Gasteiger partial charge in [-0.15, -0.1) is 0 Å². The summed E-state index contributed by atoms with van der Waals surface area (Å²) in [7, 11) is 0. The van der Waals surface area contributed by atoms with Crippen LogP contribution in [0, 0.1) is 11.2 Å². The first-order chi connectivity index (χ1) is 9.24. The van der Waals surface area contributed by atoms with Crippen LogP contribution < -0.4 is 10.6 Å². The summed E-state index contributed by atoms with van der Waals surface area (Å²) in [6.07, 6.45) is 4.19. The molecular weight excluding hydrogens is 241 g/mol. The topological polar surface area (TPSA) is 37.0 Å². The molecule has 1 saturated carbocycles. The van der Waals surface area contributed by atoms with Crippen LogP contribution in [0.2, 0.25) is 0 Å². The third-order valence-electron chi connectivity index (χ3n) is 4.42. The van der Waals surface area contributed by atoms with Crippen LogP contribution in [0.5, 0.6) is 0 Å². The van der Waals surface area contributed by atoms with Crippen molar-refractivity contribution in [3.63, 3.8) is 0 Å². The second kappa shape index (κ2) is 3.90. The van der Waals surface area contributed by atoms with Gasteiger partial charge in [-0.2, -0.15) is 0 Å². The van der Waals surface area contributed by atoms with Crippen LogP contribution in [-0.2, 0) is 0 Å². The van der Waals surface area contributed by atoms with E-state index in [9.17, 15) is 4.39 Å². The monoisotopic (exact) mass is 257 g/mol. The van der Waals surface area contributed by atoms with Gasteiger partial charge in [0.2, 0.25) is 0 Å². The Kier molecular flexibility index (Phi) is 2.30. The van der Waals surface area contributed by atoms with E-state index >= 15 is 0 Å². The number of benzene rings is 1. The molecule has 98 valence electrons. The summed E-state index contributed by atoms with van der Waals surface area (Å²) in [5, 5.41) is 7.75. The highest BCUT2D eigenvalue weighted by molar-refractivity contribution is 5.91.